The van der Waals surface area contributed by atoms with Gasteiger partial charge in [-0.25, -0.2) is 4.79 Å². The zero-order valence-electron chi connectivity index (χ0n) is 20.8. The SMILES string of the molecule is CCOc1ccc(C2C(C#N)=C(N)Oc3cc(OC(=O)c4sc5cc(C)ccc5c4Cl)ccc32)cc1OC. The molecule has 0 fully saturated rings. The molecule has 7 nitrogen and oxygen atoms in total. The summed E-state index contributed by atoms with van der Waals surface area (Å²) in [5, 5.41) is 11.0. The van der Waals surface area contributed by atoms with E-state index in [-0.39, 0.29) is 17.2 Å². The summed E-state index contributed by atoms with van der Waals surface area (Å²) in [5.74, 6) is 0.659. The number of hydrogen-bond acceptors (Lipinski definition) is 8. The van der Waals surface area contributed by atoms with Crippen LogP contribution < -0.4 is 24.7 Å². The van der Waals surface area contributed by atoms with Crippen LogP contribution in [0.15, 0.2) is 66.1 Å². The van der Waals surface area contributed by atoms with Crippen molar-refractivity contribution in [1.82, 2.24) is 0 Å². The van der Waals surface area contributed by atoms with Crippen LogP contribution in [0.4, 0.5) is 0 Å². The van der Waals surface area contributed by atoms with Crippen molar-refractivity contribution in [1.29, 1.82) is 5.26 Å². The highest BCUT2D eigenvalue weighted by Gasteiger charge is 2.32. The molecule has 3 aromatic carbocycles. The van der Waals surface area contributed by atoms with Gasteiger partial charge in [0, 0.05) is 21.7 Å². The van der Waals surface area contributed by atoms with E-state index in [4.69, 9.17) is 36.3 Å². The molecular formula is C29H23ClN2O5S. The number of benzene rings is 3. The second kappa shape index (κ2) is 10.3. The van der Waals surface area contributed by atoms with Gasteiger partial charge in [0.1, 0.15) is 28.0 Å². The predicted octanol–water partition coefficient (Wildman–Crippen LogP) is 6.71. The van der Waals surface area contributed by atoms with Gasteiger partial charge in [0.2, 0.25) is 5.88 Å². The van der Waals surface area contributed by atoms with Crippen molar-refractivity contribution in [2.45, 2.75) is 19.8 Å². The fourth-order valence-electron chi connectivity index (χ4n) is 4.44. The maximum absolute atomic E-state index is 13.0. The minimum absolute atomic E-state index is 0.0238. The molecule has 1 aliphatic heterocycles. The summed E-state index contributed by atoms with van der Waals surface area (Å²) >= 11 is 7.77. The molecule has 0 spiro atoms. The number of esters is 1. The number of nitrogens with two attached hydrogens (primary N) is 1. The quantitative estimate of drug-likeness (QED) is 0.212. The normalized spacial score (nSPS) is 14.4. The van der Waals surface area contributed by atoms with E-state index in [0.29, 0.717) is 39.3 Å². The molecule has 1 atom stereocenters. The van der Waals surface area contributed by atoms with Crippen LogP contribution in [0.2, 0.25) is 5.02 Å². The third-order valence-corrected chi connectivity index (χ3v) is 7.83. The van der Waals surface area contributed by atoms with Crippen molar-refractivity contribution in [2.24, 2.45) is 5.73 Å². The first-order chi connectivity index (χ1) is 18.3. The summed E-state index contributed by atoms with van der Waals surface area (Å²) in [6.45, 7) is 4.35. The molecule has 4 aromatic rings. The van der Waals surface area contributed by atoms with E-state index in [9.17, 15) is 10.1 Å². The second-order valence-electron chi connectivity index (χ2n) is 8.60. The van der Waals surface area contributed by atoms with Gasteiger partial charge in [0.25, 0.3) is 0 Å². The zero-order chi connectivity index (χ0) is 27.0. The second-order valence-corrected chi connectivity index (χ2v) is 10.0. The van der Waals surface area contributed by atoms with Crippen molar-refractivity contribution >= 4 is 39.0 Å². The number of nitrogens with zero attached hydrogens (tertiary/aromatic N) is 1. The van der Waals surface area contributed by atoms with Gasteiger partial charge in [-0.05, 0) is 49.2 Å². The van der Waals surface area contributed by atoms with E-state index >= 15 is 0 Å². The molecule has 1 unspecified atom stereocenters. The average Bonchev–Trinajstić information content (AvgIpc) is 3.23. The van der Waals surface area contributed by atoms with Crippen LogP contribution >= 0.6 is 22.9 Å². The smallest absolute Gasteiger partial charge is 0.355 e. The van der Waals surface area contributed by atoms with E-state index < -0.39 is 11.9 Å². The first kappa shape index (κ1) is 25.5. The Hall–Kier alpha value is -4.19. The number of allylic oxidation sites excluding steroid dienone is 1. The Kier molecular flexibility index (Phi) is 6.89. The molecule has 0 amide bonds. The van der Waals surface area contributed by atoms with Crippen LogP contribution in [-0.4, -0.2) is 19.7 Å². The number of fused-ring (bicyclic) bond motifs is 2. The lowest BCUT2D eigenvalue weighted by Gasteiger charge is -2.27. The molecule has 5 rings (SSSR count). The largest absolute Gasteiger partial charge is 0.493 e. The molecule has 192 valence electrons. The molecule has 0 saturated heterocycles. The third kappa shape index (κ3) is 4.51. The lowest BCUT2D eigenvalue weighted by atomic mass is 9.83. The first-order valence-corrected chi connectivity index (χ1v) is 13.0. The van der Waals surface area contributed by atoms with E-state index in [2.05, 4.69) is 6.07 Å². The highest BCUT2D eigenvalue weighted by molar-refractivity contribution is 7.21. The lowest BCUT2D eigenvalue weighted by molar-refractivity contribution is 0.0740. The summed E-state index contributed by atoms with van der Waals surface area (Å²) in [4.78, 5) is 13.3. The molecule has 1 aromatic heterocycles. The maximum Gasteiger partial charge on any atom is 0.355 e. The molecule has 9 heteroatoms. The lowest BCUT2D eigenvalue weighted by Crippen LogP contribution is -2.21. The van der Waals surface area contributed by atoms with Crippen LogP contribution in [0.1, 0.15) is 39.2 Å². The molecule has 1 aliphatic rings. The van der Waals surface area contributed by atoms with Crippen molar-refractivity contribution in [3.8, 4) is 29.1 Å². The topological polar surface area (TPSA) is 104 Å². The average molecular weight is 547 g/mol. The van der Waals surface area contributed by atoms with Gasteiger partial charge < -0.3 is 24.7 Å². The summed E-state index contributed by atoms with van der Waals surface area (Å²) in [6, 6.07) is 18.4. The minimum atomic E-state index is -0.571. The summed E-state index contributed by atoms with van der Waals surface area (Å²) in [6.07, 6.45) is 0. The Morgan fingerprint density at radius 3 is 2.71 bits per heavy atom. The highest BCUT2D eigenvalue weighted by atomic mass is 35.5. The number of thiophene rings is 1. The van der Waals surface area contributed by atoms with Gasteiger partial charge >= 0.3 is 5.97 Å². The summed E-state index contributed by atoms with van der Waals surface area (Å²) < 4.78 is 23.5. The molecule has 2 heterocycles. The monoisotopic (exact) mass is 546 g/mol. The van der Waals surface area contributed by atoms with Gasteiger partial charge in [0.15, 0.2) is 11.5 Å². The Morgan fingerprint density at radius 1 is 1.16 bits per heavy atom. The standard InChI is InChI=1S/C29H23ClN2O5S/c1-4-35-21-10-6-16(12-23(21)34-3)25-18-9-7-17(13-22(18)37-28(32)20(25)14-31)36-29(33)27-26(30)19-8-5-15(2)11-24(19)38-27/h5-13,25H,4,32H2,1-3H3. The molecule has 0 radical (unpaired) electrons. The highest BCUT2D eigenvalue weighted by Crippen LogP contribution is 2.45. The Balaban J connectivity index is 1.49. The number of rotatable bonds is 6. The van der Waals surface area contributed by atoms with Crippen LogP contribution in [-0.2, 0) is 0 Å². The fraction of sp³-hybridized carbons (Fsp3) is 0.172. The summed E-state index contributed by atoms with van der Waals surface area (Å²) in [7, 11) is 1.56. The van der Waals surface area contributed by atoms with Gasteiger partial charge in [-0.1, -0.05) is 35.9 Å². The Labute approximate surface area is 228 Å². The van der Waals surface area contributed by atoms with Crippen LogP contribution in [0.3, 0.4) is 0 Å². The number of carbonyl (C=O) groups is 1. The number of nitriles is 1. The van der Waals surface area contributed by atoms with Crippen molar-refractivity contribution in [3.05, 3.63) is 92.6 Å². The third-order valence-electron chi connectivity index (χ3n) is 6.19. The minimum Gasteiger partial charge on any atom is -0.493 e. The zero-order valence-corrected chi connectivity index (χ0v) is 22.4. The van der Waals surface area contributed by atoms with E-state index in [0.717, 1.165) is 21.2 Å². The molecule has 0 saturated carbocycles. The Bertz CT molecular complexity index is 1650. The fourth-order valence-corrected chi connectivity index (χ4v) is 5.92. The predicted molar refractivity (Wildman–Crippen MR) is 146 cm³/mol. The van der Waals surface area contributed by atoms with Crippen molar-refractivity contribution in [2.75, 3.05) is 13.7 Å². The van der Waals surface area contributed by atoms with Gasteiger partial charge in [-0.15, -0.1) is 11.3 Å². The number of aryl methyl sites for hydroxylation is 1. The molecular weight excluding hydrogens is 524 g/mol. The van der Waals surface area contributed by atoms with Crippen LogP contribution in [0.5, 0.6) is 23.0 Å². The number of ether oxygens (including phenoxy) is 4. The van der Waals surface area contributed by atoms with Crippen molar-refractivity contribution in [3.63, 3.8) is 0 Å². The Morgan fingerprint density at radius 2 is 1.97 bits per heavy atom. The van der Waals surface area contributed by atoms with Gasteiger partial charge in [-0.3, -0.25) is 0 Å². The first-order valence-electron chi connectivity index (χ1n) is 11.8. The van der Waals surface area contributed by atoms with Crippen LogP contribution in [0.25, 0.3) is 10.1 Å². The van der Waals surface area contributed by atoms with Crippen LogP contribution in [0, 0.1) is 18.3 Å². The molecule has 0 bridgehead atoms. The number of methoxy groups -OCH3 is 1. The summed E-state index contributed by atoms with van der Waals surface area (Å²) in [5.41, 5.74) is 8.95. The molecule has 2 N–H and O–H groups in total. The number of hydrogen-bond donors (Lipinski definition) is 1. The van der Waals surface area contributed by atoms with E-state index in [1.807, 2.05) is 44.2 Å². The van der Waals surface area contributed by atoms with E-state index in [1.165, 1.54) is 11.3 Å². The van der Waals surface area contributed by atoms with Gasteiger partial charge in [-0.2, -0.15) is 5.26 Å². The maximum atomic E-state index is 13.0. The van der Waals surface area contributed by atoms with Gasteiger partial charge in [0.05, 0.1) is 24.7 Å². The van der Waals surface area contributed by atoms with Crippen molar-refractivity contribution < 1.29 is 23.7 Å². The number of halogens is 1. The molecule has 0 aliphatic carbocycles. The molecule has 38 heavy (non-hydrogen) atoms. The number of carbonyl (C=O) groups excluding carboxylic acids is 1. The van der Waals surface area contributed by atoms with E-state index in [1.54, 1.807) is 31.4 Å².